The number of likely N-dealkylation sites (tertiary alicyclic amines) is 1. The zero-order chi connectivity index (χ0) is 17.1. The third kappa shape index (κ3) is 3.79. The molecule has 24 heavy (non-hydrogen) atoms. The number of nitrogens with one attached hydrogen (secondary N) is 1. The van der Waals surface area contributed by atoms with E-state index in [0.29, 0.717) is 6.61 Å². The van der Waals surface area contributed by atoms with Crippen molar-refractivity contribution >= 4 is 0 Å². The molecule has 0 amide bonds. The van der Waals surface area contributed by atoms with E-state index in [4.69, 9.17) is 14.5 Å². The van der Waals surface area contributed by atoms with Crippen LogP contribution in [0.5, 0.6) is 5.75 Å². The molecule has 1 aromatic carbocycles. The number of nitrogens with zero attached hydrogens (tertiary/aromatic N) is 2. The summed E-state index contributed by atoms with van der Waals surface area (Å²) >= 11 is 0. The third-order valence-electron chi connectivity index (χ3n) is 4.80. The van der Waals surface area contributed by atoms with Crippen LogP contribution in [0.4, 0.5) is 0 Å². The first-order chi connectivity index (χ1) is 11.6. The highest BCUT2D eigenvalue weighted by atomic mass is 16.5. The van der Waals surface area contributed by atoms with Gasteiger partial charge in [0.1, 0.15) is 18.2 Å². The number of aryl methyl sites for hydroxylation is 3. The SMILES string of the molecule is CO[C@@H]1C[C@@H](c2nc(C)c(C)[nH]2)N(CCOc2cccc(C)c2)C1. The van der Waals surface area contributed by atoms with Crippen LogP contribution in [0.2, 0.25) is 0 Å². The van der Waals surface area contributed by atoms with Gasteiger partial charge in [-0.3, -0.25) is 4.90 Å². The normalized spacial score (nSPS) is 21.3. The molecule has 0 saturated carbocycles. The Morgan fingerprint density at radius 2 is 2.12 bits per heavy atom. The summed E-state index contributed by atoms with van der Waals surface area (Å²) in [4.78, 5) is 10.5. The van der Waals surface area contributed by atoms with E-state index in [9.17, 15) is 0 Å². The van der Waals surface area contributed by atoms with E-state index in [1.54, 1.807) is 7.11 Å². The molecule has 5 nitrogen and oxygen atoms in total. The summed E-state index contributed by atoms with van der Waals surface area (Å²) in [6.45, 7) is 8.63. The number of hydrogen-bond acceptors (Lipinski definition) is 4. The maximum atomic E-state index is 5.92. The lowest BCUT2D eigenvalue weighted by Crippen LogP contribution is -2.30. The molecule has 0 aliphatic carbocycles. The number of benzene rings is 1. The summed E-state index contributed by atoms with van der Waals surface area (Å²) < 4.78 is 11.5. The van der Waals surface area contributed by atoms with Crippen molar-refractivity contribution in [3.05, 3.63) is 47.0 Å². The molecule has 0 radical (unpaired) electrons. The average molecular weight is 329 g/mol. The Hall–Kier alpha value is -1.85. The highest BCUT2D eigenvalue weighted by molar-refractivity contribution is 5.27. The van der Waals surface area contributed by atoms with Gasteiger partial charge < -0.3 is 14.5 Å². The topological polar surface area (TPSA) is 50.4 Å². The number of ether oxygens (including phenoxy) is 2. The molecular weight excluding hydrogens is 302 g/mol. The Labute approximate surface area is 144 Å². The van der Waals surface area contributed by atoms with Gasteiger partial charge >= 0.3 is 0 Å². The first-order valence-corrected chi connectivity index (χ1v) is 8.56. The first-order valence-electron chi connectivity index (χ1n) is 8.56. The fourth-order valence-electron chi connectivity index (χ4n) is 3.28. The molecule has 0 bridgehead atoms. The minimum Gasteiger partial charge on any atom is -0.492 e. The monoisotopic (exact) mass is 329 g/mol. The van der Waals surface area contributed by atoms with Gasteiger partial charge in [0.25, 0.3) is 0 Å². The molecule has 3 rings (SSSR count). The number of hydrogen-bond donors (Lipinski definition) is 1. The van der Waals surface area contributed by atoms with Crippen molar-refractivity contribution in [1.82, 2.24) is 14.9 Å². The Bertz CT molecular complexity index is 664. The minimum absolute atomic E-state index is 0.250. The molecule has 1 fully saturated rings. The van der Waals surface area contributed by atoms with E-state index in [0.717, 1.165) is 42.5 Å². The fourth-order valence-corrected chi connectivity index (χ4v) is 3.28. The average Bonchev–Trinajstić information content (AvgIpc) is 3.11. The van der Waals surface area contributed by atoms with Gasteiger partial charge in [0.2, 0.25) is 0 Å². The summed E-state index contributed by atoms with van der Waals surface area (Å²) in [5, 5.41) is 0. The molecule has 5 heteroatoms. The van der Waals surface area contributed by atoms with Gasteiger partial charge in [0.15, 0.2) is 0 Å². The van der Waals surface area contributed by atoms with Gasteiger partial charge in [-0.05, 0) is 44.9 Å². The van der Waals surface area contributed by atoms with Crippen molar-refractivity contribution in [3.8, 4) is 5.75 Å². The molecule has 2 atom stereocenters. The molecule has 130 valence electrons. The van der Waals surface area contributed by atoms with Crippen LogP contribution in [0.15, 0.2) is 24.3 Å². The third-order valence-corrected chi connectivity index (χ3v) is 4.80. The Balaban J connectivity index is 1.63. The second-order valence-corrected chi connectivity index (χ2v) is 6.60. The molecular formula is C19H27N3O2. The zero-order valence-corrected chi connectivity index (χ0v) is 15.0. The lowest BCUT2D eigenvalue weighted by Gasteiger charge is -2.22. The Morgan fingerprint density at radius 3 is 2.79 bits per heavy atom. The predicted molar refractivity (Wildman–Crippen MR) is 94.5 cm³/mol. The van der Waals surface area contributed by atoms with Crippen LogP contribution in [0.3, 0.4) is 0 Å². The molecule has 1 aliphatic rings. The molecule has 1 aliphatic heterocycles. The van der Waals surface area contributed by atoms with E-state index < -0.39 is 0 Å². The van der Waals surface area contributed by atoms with Crippen molar-refractivity contribution in [2.24, 2.45) is 0 Å². The van der Waals surface area contributed by atoms with Gasteiger partial charge in [0.05, 0.1) is 17.8 Å². The number of aromatic nitrogens is 2. The van der Waals surface area contributed by atoms with Gasteiger partial charge in [-0.15, -0.1) is 0 Å². The summed E-state index contributed by atoms with van der Waals surface area (Å²) in [6, 6.07) is 8.44. The van der Waals surface area contributed by atoms with E-state index in [-0.39, 0.29) is 12.1 Å². The number of imidazole rings is 1. The Morgan fingerprint density at radius 1 is 1.29 bits per heavy atom. The van der Waals surface area contributed by atoms with Crippen molar-refractivity contribution in [3.63, 3.8) is 0 Å². The second-order valence-electron chi connectivity index (χ2n) is 6.60. The zero-order valence-electron chi connectivity index (χ0n) is 15.0. The van der Waals surface area contributed by atoms with Crippen LogP contribution in [0, 0.1) is 20.8 Å². The summed E-state index contributed by atoms with van der Waals surface area (Å²) in [6.07, 6.45) is 1.22. The van der Waals surface area contributed by atoms with Crippen LogP contribution in [-0.2, 0) is 4.74 Å². The van der Waals surface area contributed by atoms with E-state index >= 15 is 0 Å². The van der Waals surface area contributed by atoms with Crippen LogP contribution >= 0.6 is 0 Å². The standard InChI is InChI=1S/C19H27N3O2/c1-13-6-5-7-16(10-13)24-9-8-22-12-17(23-4)11-18(22)19-20-14(2)15(3)21-19/h5-7,10,17-18H,8-9,11-12H2,1-4H3,(H,20,21)/t17-,18+/m1/s1. The largest absolute Gasteiger partial charge is 0.492 e. The lowest BCUT2D eigenvalue weighted by molar-refractivity contribution is 0.105. The second kappa shape index (κ2) is 7.36. The van der Waals surface area contributed by atoms with Gasteiger partial charge in [-0.1, -0.05) is 12.1 Å². The summed E-state index contributed by atoms with van der Waals surface area (Å²) in [5.74, 6) is 1.97. The van der Waals surface area contributed by atoms with E-state index in [1.807, 2.05) is 19.1 Å². The van der Waals surface area contributed by atoms with Crippen LogP contribution in [0.1, 0.15) is 35.2 Å². The predicted octanol–water partition coefficient (Wildman–Crippen LogP) is 3.18. The van der Waals surface area contributed by atoms with Crippen LogP contribution in [0.25, 0.3) is 0 Å². The van der Waals surface area contributed by atoms with Crippen LogP contribution in [-0.4, -0.2) is 47.8 Å². The number of methoxy groups -OCH3 is 1. The Kier molecular flexibility index (Phi) is 5.21. The minimum atomic E-state index is 0.250. The number of aromatic amines is 1. The molecule has 1 saturated heterocycles. The van der Waals surface area contributed by atoms with Crippen LogP contribution < -0.4 is 4.74 Å². The summed E-state index contributed by atoms with van der Waals surface area (Å²) in [7, 11) is 1.78. The molecule has 1 N–H and O–H groups in total. The van der Waals surface area contributed by atoms with Crippen molar-refractivity contribution in [2.75, 3.05) is 26.8 Å². The molecule has 2 aromatic rings. The number of rotatable bonds is 6. The smallest absolute Gasteiger partial charge is 0.124 e. The molecule has 0 unspecified atom stereocenters. The maximum absolute atomic E-state index is 5.92. The highest BCUT2D eigenvalue weighted by Crippen LogP contribution is 2.32. The fraction of sp³-hybridized carbons (Fsp3) is 0.526. The quantitative estimate of drug-likeness (QED) is 0.884. The van der Waals surface area contributed by atoms with Gasteiger partial charge in [-0.25, -0.2) is 4.98 Å². The molecule has 0 spiro atoms. The van der Waals surface area contributed by atoms with Gasteiger partial charge in [0, 0.05) is 25.9 Å². The lowest BCUT2D eigenvalue weighted by atomic mass is 10.2. The number of H-pyrrole nitrogens is 1. The van der Waals surface area contributed by atoms with Crippen molar-refractivity contribution in [2.45, 2.75) is 39.3 Å². The maximum Gasteiger partial charge on any atom is 0.124 e. The van der Waals surface area contributed by atoms with E-state index in [1.165, 1.54) is 5.56 Å². The molecule has 2 heterocycles. The first kappa shape index (κ1) is 17.0. The van der Waals surface area contributed by atoms with Crippen molar-refractivity contribution in [1.29, 1.82) is 0 Å². The van der Waals surface area contributed by atoms with E-state index in [2.05, 4.69) is 35.9 Å². The molecule has 1 aromatic heterocycles. The van der Waals surface area contributed by atoms with Gasteiger partial charge in [-0.2, -0.15) is 0 Å². The van der Waals surface area contributed by atoms with Crippen molar-refractivity contribution < 1.29 is 9.47 Å². The highest BCUT2D eigenvalue weighted by Gasteiger charge is 2.34. The summed E-state index contributed by atoms with van der Waals surface area (Å²) in [5.41, 5.74) is 3.43.